The molecule has 102 valence electrons. The SMILES string of the molecule is CCC(C/C=C\C(C)C)CC(CC)OC(C)C. The largest absolute Gasteiger partial charge is 0.376 e. The predicted molar refractivity (Wildman–Crippen MR) is 77.3 cm³/mol. The third-order valence-electron chi connectivity index (χ3n) is 3.08. The van der Waals surface area contributed by atoms with Crippen LogP contribution >= 0.6 is 0 Å². The monoisotopic (exact) mass is 240 g/mol. The summed E-state index contributed by atoms with van der Waals surface area (Å²) >= 11 is 0. The fourth-order valence-electron chi connectivity index (χ4n) is 2.05. The molecule has 2 unspecified atom stereocenters. The molecule has 0 aliphatic rings. The highest BCUT2D eigenvalue weighted by atomic mass is 16.5. The number of hydrogen-bond acceptors (Lipinski definition) is 1. The first-order valence-corrected chi connectivity index (χ1v) is 7.31. The van der Waals surface area contributed by atoms with Gasteiger partial charge in [0.15, 0.2) is 0 Å². The molecule has 0 aromatic rings. The van der Waals surface area contributed by atoms with Crippen LogP contribution in [0.15, 0.2) is 12.2 Å². The summed E-state index contributed by atoms with van der Waals surface area (Å²) in [5, 5.41) is 0. The van der Waals surface area contributed by atoms with E-state index < -0.39 is 0 Å². The van der Waals surface area contributed by atoms with Crippen LogP contribution in [0.1, 0.15) is 67.2 Å². The van der Waals surface area contributed by atoms with Crippen LogP contribution in [0.5, 0.6) is 0 Å². The standard InChI is InChI=1S/C16H32O/c1-7-15(11-9-10-13(3)4)12-16(8-2)17-14(5)6/h9-10,13-16H,7-8,11-12H2,1-6H3/b10-9-. The topological polar surface area (TPSA) is 9.23 Å². The molecule has 0 spiro atoms. The maximum atomic E-state index is 5.94. The van der Waals surface area contributed by atoms with Gasteiger partial charge in [-0.05, 0) is 44.9 Å². The van der Waals surface area contributed by atoms with Gasteiger partial charge in [-0.1, -0.05) is 46.3 Å². The second kappa shape index (κ2) is 9.70. The van der Waals surface area contributed by atoms with Crippen molar-refractivity contribution in [3.63, 3.8) is 0 Å². The Bertz CT molecular complexity index is 194. The molecule has 2 atom stereocenters. The summed E-state index contributed by atoms with van der Waals surface area (Å²) < 4.78 is 5.94. The summed E-state index contributed by atoms with van der Waals surface area (Å²) in [5.74, 6) is 1.44. The zero-order valence-electron chi connectivity index (χ0n) is 12.7. The molecule has 0 aromatic carbocycles. The molecular formula is C16H32O. The maximum absolute atomic E-state index is 5.94. The average molecular weight is 240 g/mol. The molecule has 0 amide bonds. The average Bonchev–Trinajstić information content (AvgIpc) is 2.25. The zero-order chi connectivity index (χ0) is 13.3. The van der Waals surface area contributed by atoms with Gasteiger partial charge in [0.25, 0.3) is 0 Å². The lowest BCUT2D eigenvalue weighted by molar-refractivity contribution is -0.00758. The lowest BCUT2D eigenvalue weighted by atomic mass is 9.93. The molecule has 0 fully saturated rings. The normalized spacial score (nSPS) is 16.0. The van der Waals surface area contributed by atoms with Crippen molar-refractivity contribution in [1.82, 2.24) is 0 Å². The van der Waals surface area contributed by atoms with Crippen molar-refractivity contribution in [3.05, 3.63) is 12.2 Å². The van der Waals surface area contributed by atoms with Crippen molar-refractivity contribution in [2.75, 3.05) is 0 Å². The van der Waals surface area contributed by atoms with Crippen LogP contribution in [-0.2, 0) is 4.74 Å². The Hall–Kier alpha value is -0.300. The second-order valence-electron chi connectivity index (χ2n) is 5.63. The molecule has 1 heteroatoms. The van der Waals surface area contributed by atoms with E-state index in [9.17, 15) is 0 Å². The van der Waals surface area contributed by atoms with E-state index in [0.29, 0.717) is 18.1 Å². The summed E-state index contributed by atoms with van der Waals surface area (Å²) in [7, 11) is 0. The Morgan fingerprint density at radius 3 is 2.06 bits per heavy atom. The smallest absolute Gasteiger partial charge is 0.0578 e. The van der Waals surface area contributed by atoms with Crippen molar-refractivity contribution < 1.29 is 4.74 Å². The molecule has 0 saturated carbocycles. The minimum Gasteiger partial charge on any atom is -0.376 e. The van der Waals surface area contributed by atoms with Crippen LogP contribution in [0, 0.1) is 11.8 Å². The molecule has 0 aromatic heterocycles. The lowest BCUT2D eigenvalue weighted by Crippen LogP contribution is -2.20. The predicted octanol–water partition coefficient (Wildman–Crippen LogP) is 5.21. The highest BCUT2D eigenvalue weighted by Gasteiger charge is 2.14. The van der Waals surface area contributed by atoms with Crippen molar-refractivity contribution in [1.29, 1.82) is 0 Å². The van der Waals surface area contributed by atoms with Crippen molar-refractivity contribution in [2.45, 2.75) is 79.4 Å². The molecule has 0 radical (unpaired) electrons. The fourth-order valence-corrected chi connectivity index (χ4v) is 2.05. The van der Waals surface area contributed by atoms with Gasteiger partial charge in [-0.3, -0.25) is 0 Å². The van der Waals surface area contributed by atoms with Crippen molar-refractivity contribution >= 4 is 0 Å². The summed E-state index contributed by atoms with van der Waals surface area (Å²) in [6.45, 7) is 13.2. The van der Waals surface area contributed by atoms with Gasteiger partial charge in [-0.15, -0.1) is 0 Å². The summed E-state index contributed by atoms with van der Waals surface area (Å²) in [4.78, 5) is 0. The summed E-state index contributed by atoms with van der Waals surface area (Å²) in [6, 6.07) is 0. The van der Waals surface area contributed by atoms with E-state index >= 15 is 0 Å². The Kier molecular flexibility index (Phi) is 9.53. The van der Waals surface area contributed by atoms with E-state index in [2.05, 4.69) is 53.7 Å². The van der Waals surface area contributed by atoms with Crippen molar-refractivity contribution in [3.8, 4) is 0 Å². The number of ether oxygens (including phenoxy) is 1. The summed E-state index contributed by atoms with van der Waals surface area (Å²) in [6.07, 6.45) is 10.2. The quantitative estimate of drug-likeness (QED) is 0.503. The minimum atomic E-state index is 0.351. The number of hydrogen-bond donors (Lipinski definition) is 0. The van der Waals surface area contributed by atoms with E-state index in [-0.39, 0.29) is 0 Å². The van der Waals surface area contributed by atoms with Crippen LogP contribution in [0.4, 0.5) is 0 Å². The van der Waals surface area contributed by atoms with E-state index in [1.807, 2.05) is 0 Å². The van der Waals surface area contributed by atoms with Gasteiger partial charge in [0, 0.05) is 0 Å². The minimum absolute atomic E-state index is 0.351. The zero-order valence-corrected chi connectivity index (χ0v) is 12.7. The molecule has 0 aliphatic carbocycles. The van der Waals surface area contributed by atoms with Crippen LogP contribution in [-0.4, -0.2) is 12.2 Å². The van der Waals surface area contributed by atoms with Gasteiger partial charge in [0.05, 0.1) is 12.2 Å². The second-order valence-corrected chi connectivity index (χ2v) is 5.63. The van der Waals surface area contributed by atoms with Crippen molar-refractivity contribution in [2.24, 2.45) is 11.8 Å². The van der Waals surface area contributed by atoms with Crippen LogP contribution < -0.4 is 0 Å². The lowest BCUT2D eigenvalue weighted by Gasteiger charge is -2.23. The van der Waals surface area contributed by atoms with Gasteiger partial charge in [-0.2, -0.15) is 0 Å². The Morgan fingerprint density at radius 1 is 1.00 bits per heavy atom. The molecule has 0 aliphatic heterocycles. The van der Waals surface area contributed by atoms with Crippen LogP contribution in [0.2, 0.25) is 0 Å². The molecule has 0 saturated heterocycles. The van der Waals surface area contributed by atoms with Gasteiger partial charge in [0.2, 0.25) is 0 Å². The van der Waals surface area contributed by atoms with E-state index in [1.165, 1.54) is 19.3 Å². The third-order valence-corrected chi connectivity index (χ3v) is 3.08. The maximum Gasteiger partial charge on any atom is 0.0578 e. The number of allylic oxidation sites excluding steroid dienone is 2. The van der Waals surface area contributed by atoms with Gasteiger partial charge >= 0.3 is 0 Å². The number of rotatable bonds is 9. The summed E-state index contributed by atoms with van der Waals surface area (Å²) in [5.41, 5.74) is 0. The fraction of sp³-hybridized carbons (Fsp3) is 0.875. The third kappa shape index (κ3) is 9.41. The first-order valence-electron chi connectivity index (χ1n) is 7.31. The first-order chi connectivity index (χ1) is 7.99. The van der Waals surface area contributed by atoms with Crippen LogP contribution in [0.25, 0.3) is 0 Å². The molecule has 1 nitrogen and oxygen atoms in total. The van der Waals surface area contributed by atoms with Crippen LogP contribution in [0.3, 0.4) is 0 Å². The van der Waals surface area contributed by atoms with Gasteiger partial charge in [-0.25, -0.2) is 0 Å². The van der Waals surface area contributed by atoms with E-state index in [0.717, 1.165) is 12.3 Å². The Morgan fingerprint density at radius 2 is 1.65 bits per heavy atom. The van der Waals surface area contributed by atoms with Gasteiger partial charge in [0.1, 0.15) is 0 Å². The molecule has 0 N–H and O–H groups in total. The molecule has 0 heterocycles. The van der Waals surface area contributed by atoms with E-state index in [1.54, 1.807) is 0 Å². The van der Waals surface area contributed by atoms with E-state index in [4.69, 9.17) is 4.74 Å². The van der Waals surface area contributed by atoms with Gasteiger partial charge < -0.3 is 4.74 Å². The molecule has 0 rings (SSSR count). The molecule has 17 heavy (non-hydrogen) atoms. The Labute approximate surface area is 109 Å². The Balaban J connectivity index is 4.08. The molecular weight excluding hydrogens is 208 g/mol. The highest BCUT2D eigenvalue weighted by Crippen LogP contribution is 2.20. The first kappa shape index (κ1) is 16.7. The molecule has 0 bridgehead atoms. The highest BCUT2D eigenvalue weighted by molar-refractivity contribution is 4.86.